The van der Waals surface area contributed by atoms with Crippen LogP contribution in [0.4, 0.5) is 0 Å². The summed E-state index contributed by atoms with van der Waals surface area (Å²) in [5.41, 5.74) is 0.977. The normalized spacial score (nSPS) is 20.2. The van der Waals surface area contributed by atoms with E-state index >= 15 is 0 Å². The second kappa shape index (κ2) is 7.97. The molecule has 7 heteroatoms. The Bertz CT molecular complexity index is 639. The van der Waals surface area contributed by atoms with Gasteiger partial charge in [-0.1, -0.05) is 20.3 Å². The summed E-state index contributed by atoms with van der Waals surface area (Å²) in [6, 6.07) is 0.583. The molecule has 1 atom stereocenters. The largest absolute Gasteiger partial charge is 0.317 e. The molecule has 0 N–H and O–H groups in total. The zero-order chi connectivity index (χ0) is 17.9. The van der Waals surface area contributed by atoms with Gasteiger partial charge in [-0.15, -0.1) is 0 Å². The van der Waals surface area contributed by atoms with Crippen molar-refractivity contribution >= 4 is 9.84 Å². The van der Waals surface area contributed by atoms with Crippen molar-refractivity contribution in [3.63, 3.8) is 0 Å². The molecule has 1 fully saturated rings. The monoisotopic (exact) mass is 356 g/mol. The molecule has 24 heavy (non-hydrogen) atoms. The molecule has 1 aromatic rings. The number of hydrogen-bond donors (Lipinski definition) is 0. The van der Waals surface area contributed by atoms with E-state index in [1.54, 1.807) is 6.20 Å². The summed E-state index contributed by atoms with van der Waals surface area (Å²) in [6.45, 7) is 7.75. The van der Waals surface area contributed by atoms with E-state index < -0.39 is 9.84 Å². The van der Waals surface area contributed by atoms with Crippen molar-refractivity contribution < 1.29 is 8.42 Å². The second-order valence-corrected chi connectivity index (χ2v) is 9.55. The Morgan fingerprint density at radius 1 is 1.38 bits per heavy atom. The van der Waals surface area contributed by atoms with Gasteiger partial charge in [-0.2, -0.15) is 0 Å². The van der Waals surface area contributed by atoms with E-state index in [1.807, 2.05) is 4.57 Å². The van der Waals surface area contributed by atoms with Gasteiger partial charge in [-0.05, 0) is 39.4 Å². The van der Waals surface area contributed by atoms with Gasteiger partial charge in [-0.25, -0.2) is 13.4 Å². The van der Waals surface area contributed by atoms with Crippen molar-refractivity contribution in [2.45, 2.75) is 57.4 Å². The molecule has 1 aromatic heterocycles. The predicted octanol–water partition coefficient (Wildman–Crippen LogP) is 1.86. The molecule has 1 aliphatic heterocycles. The lowest BCUT2D eigenvalue weighted by molar-refractivity contribution is 0.137. The topological polar surface area (TPSA) is 58.4 Å². The Labute approximate surface area is 146 Å². The maximum absolute atomic E-state index is 12.0. The molecule has 0 spiro atoms. The number of imidazole rings is 1. The van der Waals surface area contributed by atoms with Crippen LogP contribution in [-0.4, -0.2) is 67.3 Å². The van der Waals surface area contributed by atoms with Crippen LogP contribution >= 0.6 is 0 Å². The number of piperidine rings is 1. The summed E-state index contributed by atoms with van der Waals surface area (Å²) >= 11 is 0. The summed E-state index contributed by atoms with van der Waals surface area (Å²) in [6.07, 6.45) is 6.78. The molecule has 1 aliphatic rings. The van der Waals surface area contributed by atoms with Crippen LogP contribution in [0.5, 0.6) is 0 Å². The third kappa shape index (κ3) is 5.04. The van der Waals surface area contributed by atoms with Crippen molar-refractivity contribution in [1.82, 2.24) is 19.4 Å². The molecular formula is C17H32N4O2S. The lowest BCUT2D eigenvalue weighted by atomic mass is 10.0. The Balaban J connectivity index is 2.12. The van der Waals surface area contributed by atoms with Crippen molar-refractivity contribution in [1.29, 1.82) is 0 Å². The van der Waals surface area contributed by atoms with Gasteiger partial charge in [0.1, 0.15) is 0 Å². The molecule has 6 nitrogen and oxygen atoms in total. The van der Waals surface area contributed by atoms with Crippen LogP contribution in [-0.2, 0) is 22.9 Å². The van der Waals surface area contributed by atoms with Crippen LogP contribution in [0.15, 0.2) is 11.4 Å². The number of nitrogens with zero attached hydrogens (tertiary/aromatic N) is 4. The first-order chi connectivity index (χ1) is 11.2. The van der Waals surface area contributed by atoms with E-state index in [0.717, 1.165) is 18.8 Å². The molecule has 2 rings (SSSR count). The average Bonchev–Trinajstić information content (AvgIpc) is 2.83. The van der Waals surface area contributed by atoms with E-state index in [9.17, 15) is 8.42 Å². The summed E-state index contributed by atoms with van der Waals surface area (Å²) in [5, 5.41) is 0.189. The van der Waals surface area contributed by atoms with Crippen LogP contribution in [0.25, 0.3) is 0 Å². The Morgan fingerprint density at radius 2 is 2.08 bits per heavy atom. The fourth-order valence-corrected chi connectivity index (χ4v) is 4.29. The van der Waals surface area contributed by atoms with E-state index in [1.165, 1.54) is 32.1 Å². The Kier molecular flexibility index (Phi) is 6.45. The summed E-state index contributed by atoms with van der Waals surface area (Å²) in [5.74, 6) is 0.369. The first-order valence-corrected chi connectivity index (χ1v) is 10.7. The highest BCUT2D eigenvalue weighted by atomic mass is 32.2. The van der Waals surface area contributed by atoms with Gasteiger partial charge in [-0.3, -0.25) is 4.90 Å². The quantitative estimate of drug-likeness (QED) is 0.746. The number of sulfone groups is 1. The molecule has 0 aliphatic carbocycles. The van der Waals surface area contributed by atoms with Gasteiger partial charge in [0.2, 0.25) is 15.0 Å². The highest BCUT2D eigenvalue weighted by Crippen LogP contribution is 2.18. The molecule has 0 radical (unpaired) electrons. The molecule has 1 saturated heterocycles. The number of rotatable bonds is 7. The van der Waals surface area contributed by atoms with Crippen LogP contribution in [0.3, 0.4) is 0 Å². The van der Waals surface area contributed by atoms with Crippen molar-refractivity contribution in [3.8, 4) is 0 Å². The van der Waals surface area contributed by atoms with Crippen LogP contribution in [0, 0.1) is 5.92 Å². The standard InChI is InChI=1S/C17H32N4O2S/c1-14(2)11-21-16(10-18-17(21)24(5,22)23)13-19(3)12-15-8-6-7-9-20(15)4/h10,14-15H,6-9,11-13H2,1-5H3/t15-/m1/s1. The zero-order valence-electron chi connectivity index (χ0n) is 15.7. The summed E-state index contributed by atoms with van der Waals surface area (Å²) in [7, 11) is 0.998. The first-order valence-electron chi connectivity index (χ1n) is 8.81. The fraction of sp³-hybridized carbons (Fsp3) is 0.824. The zero-order valence-corrected chi connectivity index (χ0v) is 16.5. The van der Waals surface area contributed by atoms with Gasteiger partial charge < -0.3 is 9.47 Å². The minimum Gasteiger partial charge on any atom is -0.317 e. The highest BCUT2D eigenvalue weighted by molar-refractivity contribution is 7.90. The highest BCUT2D eigenvalue weighted by Gasteiger charge is 2.23. The molecule has 0 unspecified atom stereocenters. The van der Waals surface area contributed by atoms with Gasteiger partial charge in [0, 0.05) is 31.9 Å². The Morgan fingerprint density at radius 3 is 2.67 bits per heavy atom. The lowest BCUT2D eigenvalue weighted by Gasteiger charge is -2.35. The molecule has 2 heterocycles. The molecule has 138 valence electrons. The first kappa shape index (κ1) is 19.4. The minimum atomic E-state index is -3.30. The van der Waals surface area contributed by atoms with Crippen LogP contribution in [0.1, 0.15) is 38.8 Å². The number of hydrogen-bond acceptors (Lipinski definition) is 5. The SMILES string of the molecule is CC(C)Cn1c(CN(C)C[C@H]2CCCCN2C)cnc1S(C)(=O)=O. The van der Waals surface area contributed by atoms with Crippen molar-refractivity contribution in [2.24, 2.45) is 5.92 Å². The smallest absolute Gasteiger partial charge is 0.227 e. The number of likely N-dealkylation sites (N-methyl/N-ethyl adjacent to an activating group) is 2. The maximum atomic E-state index is 12.0. The second-order valence-electron chi connectivity index (χ2n) is 7.64. The van der Waals surface area contributed by atoms with Crippen LogP contribution < -0.4 is 0 Å². The molecule has 0 amide bonds. The van der Waals surface area contributed by atoms with E-state index in [0.29, 0.717) is 18.5 Å². The Hall–Kier alpha value is -0.920. The van der Waals surface area contributed by atoms with Crippen molar-refractivity contribution in [2.75, 3.05) is 33.4 Å². The average molecular weight is 357 g/mol. The minimum absolute atomic E-state index is 0.189. The molecular weight excluding hydrogens is 324 g/mol. The maximum Gasteiger partial charge on any atom is 0.227 e. The molecule has 0 saturated carbocycles. The van der Waals surface area contributed by atoms with E-state index in [2.05, 4.69) is 42.7 Å². The van der Waals surface area contributed by atoms with Crippen molar-refractivity contribution in [3.05, 3.63) is 11.9 Å². The fourth-order valence-electron chi connectivity index (χ4n) is 3.45. The van der Waals surface area contributed by atoms with E-state index in [-0.39, 0.29) is 5.16 Å². The van der Waals surface area contributed by atoms with Gasteiger partial charge in [0.25, 0.3) is 0 Å². The summed E-state index contributed by atoms with van der Waals surface area (Å²) in [4.78, 5) is 8.92. The van der Waals surface area contributed by atoms with Crippen LogP contribution in [0.2, 0.25) is 0 Å². The number of likely N-dealkylation sites (tertiary alicyclic amines) is 1. The predicted molar refractivity (Wildman–Crippen MR) is 96.8 cm³/mol. The van der Waals surface area contributed by atoms with E-state index in [4.69, 9.17) is 0 Å². The molecule has 0 bridgehead atoms. The lowest BCUT2D eigenvalue weighted by Crippen LogP contribution is -2.43. The third-order valence-corrected chi connectivity index (χ3v) is 5.65. The number of aromatic nitrogens is 2. The third-order valence-electron chi connectivity index (χ3n) is 4.66. The molecule has 0 aromatic carbocycles. The summed E-state index contributed by atoms with van der Waals surface area (Å²) < 4.78 is 25.9. The van der Waals surface area contributed by atoms with Gasteiger partial charge in [0.15, 0.2) is 0 Å². The van der Waals surface area contributed by atoms with Gasteiger partial charge in [0.05, 0.1) is 11.9 Å². The van der Waals surface area contributed by atoms with Gasteiger partial charge >= 0.3 is 0 Å².